The van der Waals surface area contributed by atoms with Crippen molar-refractivity contribution in [3.8, 4) is 0 Å². The monoisotopic (exact) mass is 248 g/mol. The smallest absolute Gasteiger partial charge is 0.225 e. The van der Waals surface area contributed by atoms with E-state index >= 15 is 0 Å². The van der Waals surface area contributed by atoms with E-state index in [4.69, 9.17) is 4.74 Å². The minimum Gasteiger partial charge on any atom is -0.377 e. The highest BCUT2D eigenvalue weighted by Gasteiger charge is 2.30. The highest BCUT2D eigenvalue weighted by Crippen LogP contribution is 2.23. The van der Waals surface area contributed by atoms with Crippen molar-refractivity contribution in [2.75, 3.05) is 6.61 Å². The molecular formula is C14H20N2O2. The number of carbonyl (C=O) groups is 1. The van der Waals surface area contributed by atoms with Crippen molar-refractivity contribution in [2.24, 2.45) is 5.92 Å². The predicted molar refractivity (Wildman–Crippen MR) is 68.8 cm³/mol. The van der Waals surface area contributed by atoms with E-state index in [1.165, 1.54) is 0 Å². The van der Waals surface area contributed by atoms with Crippen molar-refractivity contribution in [2.45, 2.75) is 38.8 Å². The quantitative estimate of drug-likeness (QED) is 0.885. The van der Waals surface area contributed by atoms with Gasteiger partial charge in [0.15, 0.2) is 0 Å². The summed E-state index contributed by atoms with van der Waals surface area (Å²) < 4.78 is 5.64. The van der Waals surface area contributed by atoms with Gasteiger partial charge in [-0.05, 0) is 37.0 Å². The van der Waals surface area contributed by atoms with Crippen LogP contribution in [0.3, 0.4) is 0 Å². The molecule has 1 aromatic heterocycles. The third-order valence-electron chi connectivity index (χ3n) is 3.40. The fourth-order valence-electron chi connectivity index (χ4n) is 2.36. The first-order valence-corrected chi connectivity index (χ1v) is 6.59. The molecule has 2 atom stereocenters. The molecule has 1 aliphatic rings. The standard InChI is InChI=1S/C14H20N2O2/c1-2-13-12(4-3-9-18-13)14(17)16-10-11-5-7-15-8-6-11/h5-8,12-13H,2-4,9-10H2,1H3,(H,16,17). The third-order valence-corrected chi connectivity index (χ3v) is 3.40. The van der Waals surface area contributed by atoms with Crippen molar-refractivity contribution in [3.05, 3.63) is 30.1 Å². The van der Waals surface area contributed by atoms with Crippen LogP contribution in [0.5, 0.6) is 0 Å². The highest BCUT2D eigenvalue weighted by atomic mass is 16.5. The lowest BCUT2D eigenvalue weighted by Crippen LogP contribution is -2.41. The summed E-state index contributed by atoms with van der Waals surface area (Å²) in [5, 5.41) is 2.99. The lowest BCUT2D eigenvalue weighted by Gasteiger charge is -2.30. The van der Waals surface area contributed by atoms with Crippen LogP contribution >= 0.6 is 0 Å². The van der Waals surface area contributed by atoms with E-state index in [9.17, 15) is 4.79 Å². The molecule has 1 fully saturated rings. The van der Waals surface area contributed by atoms with Crippen molar-refractivity contribution >= 4 is 5.91 Å². The molecule has 98 valence electrons. The van der Waals surface area contributed by atoms with Crippen LogP contribution in [-0.4, -0.2) is 23.6 Å². The Bertz CT molecular complexity index is 381. The maximum Gasteiger partial charge on any atom is 0.225 e. The van der Waals surface area contributed by atoms with Crippen LogP contribution in [-0.2, 0) is 16.1 Å². The van der Waals surface area contributed by atoms with Crippen LogP contribution in [0.15, 0.2) is 24.5 Å². The average molecular weight is 248 g/mol. The van der Waals surface area contributed by atoms with Crippen molar-refractivity contribution < 1.29 is 9.53 Å². The number of nitrogens with zero attached hydrogens (tertiary/aromatic N) is 1. The average Bonchev–Trinajstić information content (AvgIpc) is 2.45. The van der Waals surface area contributed by atoms with Crippen LogP contribution in [0.1, 0.15) is 31.7 Å². The van der Waals surface area contributed by atoms with Crippen molar-refractivity contribution in [3.63, 3.8) is 0 Å². The molecule has 0 saturated carbocycles. The minimum atomic E-state index is 0.00517. The molecule has 4 nitrogen and oxygen atoms in total. The second-order valence-electron chi connectivity index (χ2n) is 4.64. The van der Waals surface area contributed by atoms with Gasteiger partial charge >= 0.3 is 0 Å². The number of hydrogen-bond donors (Lipinski definition) is 1. The summed E-state index contributed by atoms with van der Waals surface area (Å²) in [6, 6.07) is 3.82. The first kappa shape index (κ1) is 13.0. The van der Waals surface area contributed by atoms with Gasteiger partial charge in [0.05, 0.1) is 12.0 Å². The summed E-state index contributed by atoms with van der Waals surface area (Å²) in [5.74, 6) is 0.115. The Kier molecular flexibility index (Phi) is 4.70. The lowest BCUT2D eigenvalue weighted by molar-refractivity contribution is -0.134. The SMILES string of the molecule is CCC1OCCCC1C(=O)NCc1ccncc1. The van der Waals surface area contributed by atoms with E-state index in [0.29, 0.717) is 6.54 Å². The zero-order valence-electron chi connectivity index (χ0n) is 10.8. The molecule has 0 aliphatic carbocycles. The minimum absolute atomic E-state index is 0.00517. The Morgan fingerprint density at radius 1 is 1.50 bits per heavy atom. The van der Waals surface area contributed by atoms with Crippen LogP contribution in [0, 0.1) is 5.92 Å². The maximum atomic E-state index is 12.1. The van der Waals surface area contributed by atoms with Crippen molar-refractivity contribution in [1.82, 2.24) is 10.3 Å². The van der Waals surface area contributed by atoms with Gasteiger partial charge in [0, 0.05) is 25.5 Å². The second kappa shape index (κ2) is 6.50. The van der Waals surface area contributed by atoms with Gasteiger partial charge in [-0.15, -0.1) is 0 Å². The Morgan fingerprint density at radius 3 is 3.00 bits per heavy atom. The molecule has 1 aliphatic heterocycles. The van der Waals surface area contributed by atoms with Crippen molar-refractivity contribution in [1.29, 1.82) is 0 Å². The molecule has 1 saturated heterocycles. The van der Waals surface area contributed by atoms with Crippen LogP contribution < -0.4 is 5.32 Å². The number of aromatic nitrogens is 1. The van der Waals surface area contributed by atoms with Gasteiger partial charge in [-0.2, -0.15) is 0 Å². The molecule has 0 radical (unpaired) electrons. The summed E-state index contributed by atoms with van der Waals surface area (Å²) in [6.45, 7) is 3.42. The normalized spacial score (nSPS) is 23.6. The molecular weight excluding hydrogens is 228 g/mol. The van der Waals surface area contributed by atoms with Gasteiger partial charge in [-0.1, -0.05) is 6.92 Å². The van der Waals surface area contributed by atoms with E-state index in [0.717, 1.165) is 31.4 Å². The van der Waals surface area contributed by atoms with Gasteiger partial charge in [0.1, 0.15) is 0 Å². The Morgan fingerprint density at radius 2 is 2.28 bits per heavy atom. The first-order valence-electron chi connectivity index (χ1n) is 6.59. The molecule has 2 unspecified atom stereocenters. The fourth-order valence-corrected chi connectivity index (χ4v) is 2.36. The molecule has 2 rings (SSSR count). The van der Waals surface area contributed by atoms with Crippen LogP contribution in [0.2, 0.25) is 0 Å². The number of amides is 1. The topological polar surface area (TPSA) is 51.2 Å². The van der Waals surface area contributed by atoms with Crippen LogP contribution in [0.4, 0.5) is 0 Å². The molecule has 0 bridgehead atoms. The van der Waals surface area contributed by atoms with Gasteiger partial charge in [-0.25, -0.2) is 0 Å². The van der Waals surface area contributed by atoms with E-state index in [2.05, 4.69) is 17.2 Å². The third kappa shape index (κ3) is 3.29. The largest absolute Gasteiger partial charge is 0.377 e. The maximum absolute atomic E-state index is 12.1. The van der Waals surface area contributed by atoms with Gasteiger partial charge in [-0.3, -0.25) is 9.78 Å². The summed E-state index contributed by atoms with van der Waals surface area (Å²) in [4.78, 5) is 16.1. The van der Waals surface area contributed by atoms with Gasteiger partial charge in [0.25, 0.3) is 0 Å². The number of hydrogen-bond acceptors (Lipinski definition) is 3. The number of carbonyl (C=O) groups excluding carboxylic acids is 1. The highest BCUT2D eigenvalue weighted by molar-refractivity contribution is 5.79. The summed E-state index contributed by atoms with van der Waals surface area (Å²) >= 11 is 0. The number of rotatable bonds is 4. The molecule has 18 heavy (non-hydrogen) atoms. The molecule has 2 heterocycles. The van der Waals surface area contributed by atoms with E-state index in [1.807, 2.05) is 12.1 Å². The second-order valence-corrected chi connectivity index (χ2v) is 4.64. The van der Waals surface area contributed by atoms with E-state index < -0.39 is 0 Å². The van der Waals surface area contributed by atoms with Gasteiger partial charge in [0.2, 0.25) is 5.91 Å². The van der Waals surface area contributed by atoms with E-state index in [-0.39, 0.29) is 17.9 Å². The molecule has 0 spiro atoms. The summed E-state index contributed by atoms with van der Waals surface area (Å²) in [6.07, 6.45) is 6.36. The zero-order valence-corrected chi connectivity index (χ0v) is 10.8. The first-order chi connectivity index (χ1) is 8.81. The zero-order chi connectivity index (χ0) is 12.8. The fraction of sp³-hybridized carbons (Fsp3) is 0.571. The Labute approximate surface area is 108 Å². The molecule has 1 amide bonds. The van der Waals surface area contributed by atoms with E-state index in [1.54, 1.807) is 12.4 Å². The molecule has 4 heteroatoms. The van der Waals surface area contributed by atoms with Gasteiger partial charge < -0.3 is 10.1 Å². The predicted octanol–water partition coefficient (Wildman–Crippen LogP) is 1.90. The molecule has 1 aromatic rings. The summed E-state index contributed by atoms with van der Waals surface area (Å²) in [7, 11) is 0. The lowest BCUT2D eigenvalue weighted by atomic mass is 9.92. The Balaban J connectivity index is 1.87. The molecule has 0 aromatic carbocycles. The van der Waals surface area contributed by atoms with Crippen LogP contribution in [0.25, 0.3) is 0 Å². The Hall–Kier alpha value is -1.42. The number of ether oxygens (including phenoxy) is 1. The summed E-state index contributed by atoms with van der Waals surface area (Å²) in [5.41, 5.74) is 1.07. The molecule has 1 N–H and O–H groups in total. The number of nitrogens with one attached hydrogen (secondary N) is 1. The number of pyridine rings is 1.